The van der Waals surface area contributed by atoms with Gasteiger partial charge in [-0.15, -0.1) is 11.3 Å². The lowest BCUT2D eigenvalue weighted by atomic mass is 9.87. The molecule has 0 radical (unpaired) electrons. The van der Waals surface area contributed by atoms with Crippen LogP contribution in [0.25, 0.3) is 10.2 Å². The molecule has 3 nitrogen and oxygen atoms in total. The lowest BCUT2D eigenvalue weighted by Gasteiger charge is -2.24. The number of halogens is 1. The van der Waals surface area contributed by atoms with Crippen molar-refractivity contribution in [2.45, 2.75) is 38.3 Å². The molecule has 3 N–H and O–H groups in total. The standard InChI is InChI=1S/C19H20ClN3S2/c1-11-17-19(25-18(11)13-4-2-3-5-14(13)21)15(8-16(20)23-17)22-9-12-6-7-24-10-12/h2-3,6-8,10,13-14H,4-5,9,21H2,1H3,(H,22,23)/t13-,14-/m1/s1. The molecule has 0 saturated carbocycles. The molecule has 3 aromatic rings. The molecule has 0 bridgehead atoms. The first-order chi connectivity index (χ1) is 12.1. The zero-order valence-electron chi connectivity index (χ0n) is 14.0. The van der Waals surface area contributed by atoms with Gasteiger partial charge in [-0.05, 0) is 47.7 Å². The van der Waals surface area contributed by atoms with Crippen molar-refractivity contribution in [3.8, 4) is 0 Å². The highest BCUT2D eigenvalue weighted by Gasteiger charge is 2.26. The largest absolute Gasteiger partial charge is 0.380 e. The van der Waals surface area contributed by atoms with Crippen LogP contribution in [-0.2, 0) is 6.54 Å². The van der Waals surface area contributed by atoms with Gasteiger partial charge < -0.3 is 11.1 Å². The van der Waals surface area contributed by atoms with Crippen LogP contribution in [-0.4, -0.2) is 11.0 Å². The van der Waals surface area contributed by atoms with Crippen LogP contribution >= 0.6 is 34.3 Å². The van der Waals surface area contributed by atoms with Crippen molar-refractivity contribution in [1.29, 1.82) is 0 Å². The number of fused-ring (bicyclic) bond motifs is 1. The zero-order chi connectivity index (χ0) is 17.4. The molecule has 1 aliphatic carbocycles. The van der Waals surface area contributed by atoms with E-state index in [1.165, 1.54) is 20.7 Å². The van der Waals surface area contributed by atoms with Gasteiger partial charge in [-0.2, -0.15) is 11.3 Å². The Bertz CT molecular complexity index is 915. The van der Waals surface area contributed by atoms with Gasteiger partial charge in [0.2, 0.25) is 0 Å². The molecule has 0 aliphatic heterocycles. The average Bonchev–Trinajstić information content (AvgIpc) is 3.22. The summed E-state index contributed by atoms with van der Waals surface area (Å²) < 4.78 is 1.17. The fraction of sp³-hybridized carbons (Fsp3) is 0.316. The van der Waals surface area contributed by atoms with Crippen LogP contribution < -0.4 is 11.1 Å². The Hall–Kier alpha value is -1.40. The molecular formula is C19H20ClN3S2. The third-order valence-corrected chi connectivity index (χ3v) is 7.13. The highest BCUT2D eigenvalue weighted by molar-refractivity contribution is 7.20. The normalized spacial score (nSPS) is 20.3. The Morgan fingerprint density at radius 2 is 2.20 bits per heavy atom. The van der Waals surface area contributed by atoms with Crippen LogP contribution in [0, 0.1) is 6.92 Å². The molecule has 4 rings (SSSR count). The minimum atomic E-state index is 0.175. The summed E-state index contributed by atoms with van der Waals surface area (Å²) in [5.74, 6) is 0.368. The van der Waals surface area contributed by atoms with Crippen molar-refractivity contribution in [3.63, 3.8) is 0 Å². The van der Waals surface area contributed by atoms with Gasteiger partial charge in [-0.3, -0.25) is 0 Å². The number of hydrogen-bond acceptors (Lipinski definition) is 5. The first kappa shape index (κ1) is 17.0. The molecule has 6 heteroatoms. The molecule has 1 aliphatic rings. The number of allylic oxidation sites excluding steroid dienone is 1. The molecule has 0 unspecified atom stereocenters. The van der Waals surface area contributed by atoms with Crippen molar-refractivity contribution in [2.75, 3.05) is 5.32 Å². The van der Waals surface area contributed by atoms with E-state index in [4.69, 9.17) is 17.3 Å². The number of nitrogens with zero attached hydrogens (tertiary/aromatic N) is 1. The van der Waals surface area contributed by atoms with E-state index in [0.29, 0.717) is 11.1 Å². The number of nitrogens with one attached hydrogen (secondary N) is 1. The van der Waals surface area contributed by atoms with E-state index in [-0.39, 0.29) is 6.04 Å². The van der Waals surface area contributed by atoms with Gasteiger partial charge in [0, 0.05) is 29.4 Å². The van der Waals surface area contributed by atoms with Crippen LogP contribution in [0.15, 0.2) is 35.0 Å². The van der Waals surface area contributed by atoms with Crippen molar-refractivity contribution in [3.05, 3.63) is 56.2 Å². The molecule has 0 amide bonds. The number of thiophene rings is 2. The maximum absolute atomic E-state index is 6.39. The molecular weight excluding hydrogens is 370 g/mol. The van der Waals surface area contributed by atoms with Crippen molar-refractivity contribution in [1.82, 2.24) is 4.98 Å². The summed E-state index contributed by atoms with van der Waals surface area (Å²) in [7, 11) is 0. The summed E-state index contributed by atoms with van der Waals surface area (Å²) in [6.45, 7) is 2.93. The zero-order valence-corrected chi connectivity index (χ0v) is 16.3. The van der Waals surface area contributed by atoms with Gasteiger partial charge in [0.05, 0.1) is 15.9 Å². The number of aromatic nitrogens is 1. The van der Waals surface area contributed by atoms with Crippen molar-refractivity contribution in [2.24, 2.45) is 5.73 Å². The smallest absolute Gasteiger partial charge is 0.131 e. The summed E-state index contributed by atoms with van der Waals surface area (Å²) in [5, 5.41) is 8.31. The van der Waals surface area contributed by atoms with Gasteiger partial charge in [-0.1, -0.05) is 23.8 Å². The Morgan fingerprint density at radius 1 is 1.36 bits per heavy atom. The molecule has 3 heterocycles. The Labute approximate surface area is 160 Å². The lowest BCUT2D eigenvalue weighted by Crippen LogP contribution is -2.29. The van der Waals surface area contributed by atoms with Crippen LogP contribution in [0.4, 0.5) is 5.69 Å². The van der Waals surface area contributed by atoms with E-state index in [0.717, 1.165) is 30.6 Å². The number of anilines is 1. The third-order valence-electron chi connectivity index (χ3n) is 4.76. The third kappa shape index (κ3) is 3.34. The second-order valence-electron chi connectivity index (χ2n) is 6.46. The maximum Gasteiger partial charge on any atom is 0.131 e. The highest BCUT2D eigenvalue weighted by Crippen LogP contribution is 2.42. The van der Waals surface area contributed by atoms with E-state index in [2.05, 4.69) is 46.2 Å². The van der Waals surface area contributed by atoms with Gasteiger partial charge in [0.1, 0.15) is 5.15 Å². The van der Waals surface area contributed by atoms with Crippen LogP contribution in [0.5, 0.6) is 0 Å². The Kier molecular flexibility index (Phi) is 4.82. The summed E-state index contributed by atoms with van der Waals surface area (Å²) in [6.07, 6.45) is 6.37. The average molecular weight is 390 g/mol. The molecule has 0 aromatic carbocycles. The summed E-state index contributed by atoms with van der Waals surface area (Å²) >= 11 is 9.82. The predicted molar refractivity (Wildman–Crippen MR) is 110 cm³/mol. The summed E-state index contributed by atoms with van der Waals surface area (Å²) in [4.78, 5) is 5.95. The summed E-state index contributed by atoms with van der Waals surface area (Å²) in [5.41, 5.74) is 10.9. The predicted octanol–water partition coefficient (Wildman–Crippen LogP) is 5.69. The number of rotatable bonds is 4. The Balaban J connectivity index is 1.73. The van der Waals surface area contributed by atoms with Gasteiger partial charge in [-0.25, -0.2) is 4.98 Å². The molecule has 0 saturated heterocycles. The number of nitrogens with two attached hydrogens (primary N) is 1. The van der Waals surface area contributed by atoms with Gasteiger partial charge >= 0.3 is 0 Å². The number of aryl methyl sites for hydroxylation is 1. The molecule has 25 heavy (non-hydrogen) atoms. The topological polar surface area (TPSA) is 50.9 Å². The fourth-order valence-corrected chi connectivity index (χ4v) is 5.67. The minimum absolute atomic E-state index is 0.175. The monoisotopic (exact) mass is 389 g/mol. The first-order valence-corrected chi connectivity index (χ1v) is 10.5. The quantitative estimate of drug-likeness (QED) is 0.445. The highest BCUT2D eigenvalue weighted by atomic mass is 35.5. The molecule has 2 atom stereocenters. The van der Waals surface area contributed by atoms with Crippen molar-refractivity contribution < 1.29 is 0 Å². The van der Waals surface area contributed by atoms with E-state index < -0.39 is 0 Å². The summed E-state index contributed by atoms with van der Waals surface area (Å²) in [6, 6.07) is 4.24. The number of hydrogen-bond donors (Lipinski definition) is 2. The van der Waals surface area contributed by atoms with E-state index in [1.54, 1.807) is 11.3 Å². The second kappa shape index (κ2) is 7.08. The van der Waals surface area contributed by atoms with E-state index >= 15 is 0 Å². The molecule has 0 fully saturated rings. The van der Waals surface area contributed by atoms with Crippen LogP contribution in [0.2, 0.25) is 5.15 Å². The van der Waals surface area contributed by atoms with Crippen LogP contribution in [0.1, 0.15) is 34.8 Å². The van der Waals surface area contributed by atoms with Gasteiger partial charge in [0.15, 0.2) is 0 Å². The molecule has 130 valence electrons. The number of pyridine rings is 1. The first-order valence-electron chi connectivity index (χ1n) is 8.38. The maximum atomic E-state index is 6.39. The second-order valence-corrected chi connectivity index (χ2v) is 8.68. The fourth-order valence-electron chi connectivity index (χ4n) is 3.38. The Morgan fingerprint density at radius 3 is 2.96 bits per heavy atom. The van der Waals surface area contributed by atoms with Crippen molar-refractivity contribution >= 4 is 50.2 Å². The SMILES string of the molecule is Cc1c([C@@H]2CC=CC[C@H]2N)sc2c(NCc3ccsc3)cc(Cl)nc12. The lowest BCUT2D eigenvalue weighted by molar-refractivity contribution is 0.526. The molecule has 0 spiro atoms. The van der Waals surface area contributed by atoms with Gasteiger partial charge in [0.25, 0.3) is 0 Å². The van der Waals surface area contributed by atoms with E-state index in [9.17, 15) is 0 Å². The molecule has 3 aromatic heterocycles. The minimum Gasteiger partial charge on any atom is -0.380 e. The van der Waals surface area contributed by atoms with E-state index in [1.807, 2.05) is 17.4 Å². The van der Waals surface area contributed by atoms with Crippen LogP contribution in [0.3, 0.4) is 0 Å².